The molecule has 1 N–H and O–H groups in total. The number of piperazine rings is 1. The smallest absolute Gasteiger partial charge is 0.294 e. The molecule has 4 rings (SSSR count). The second-order valence-electron chi connectivity index (χ2n) is 7.82. The topological polar surface area (TPSA) is 91.2 Å². The number of nitrogens with zero attached hydrogens (tertiary/aromatic N) is 4. The van der Waals surface area contributed by atoms with Gasteiger partial charge in [-0.1, -0.05) is 23.7 Å². The van der Waals surface area contributed by atoms with Gasteiger partial charge in [0.2, 0.25) is 5.91 Å². The molecule has 2 aliphatic rings. The van der Waals surface area contributed by atoms with E-state index < -0.39 is 4.92 Å². The Labute approximate surface area is 191 Å². The first kappa shape index (κ1) is 22.3. The van der Waals surface area contributed by atoms with Crippen molar-refractivity contribution in [1.29, 1.82) is 0 Å². The fourth-order valence-corrected chi connectivity index (χ4v) is 4.28. The van der Waals surface area contributed by atoms with Crippen LogP contribution in [0.3, 0.4) is 0 Å². The van der Waals surface area contributed by atoms with Crippen molar-refractivity contribution in [3.8, 4) is 0 Å². The van der Waals surface area contributed by atoms with Gasteiger partial charge in [0, 0.05) is 50.4 Å². The molecule has 0 unspecified atom stereocenters. The summed E-state index contributed by atoms with van der Waals surface area (Å²) >= 11 is 5.92. The molecule has 0 radical (unpaired) electrons. The number of benzene rings is 2. The van der Waals surface area contributed by atoms with E-state index in [9.17, 15) is 14.9 Å². The number of hydrogen-bond donors (Lipinski definition) is 1. The number of morpholine rings is 1. The minimum absolute atomic E-state index is 0.00316. The third-order valence-electron chi connectivity index (χ3n) is 5.74. The third-order valence-corrected chi connectivity index (χ3v) is 5.98. The molecule has 0 saturated carbocycles. The lowest BCUT2D eigenvalue weighted by atomic mass is 10.2. The molecule has 0 aliphatic carbocycles. The Bertz CT molecular complexity index is 975. The minimum Gasteiger partial charge on any atom is -0.378 e. The number of nitrogens with one attached hydrogen (secondary N) is 1. The zero-order chi connectivity index (χ0) is 22.5. The molecule has 2 saturated heterocycles. The minimum atomic E-state index is -0.410. The number of carbonyl (C=O) groups is 1. The van der Waals surface area contributed by atoms with Crippen LogP contribution in [0.5, 0.6) is 0 Å². The van der Waals surface area contributed by atoms with Gasteiger partial charge in [-0.25, -0.2) is 0 Å². The Morgan fingerprint density at radius 1 is 1.00 bits per heavy atom. The maximum atomic E-state index is 12.7. The number of nitro groups is 1. The third kappa shape index (κ3) is 5.29. The van der Waals surface area contributed by atoms with Crippen LogP contribution in [0.1, 0.15) is 0 Å². The van der Waals surface area contributed by atoms with E-state index in [2.05, 4.69) is 15.1 Å². The summed E-state index contributed by atoms with van der Waals surface area (Å²) in [6, 6.07) is 12.5. The van der Waals surface area contributed by atoms with Crippen molar-refractivity contribution in [2.75, 3.05) is 74.1 Å². The molecule has 10 heteroatoms. The number of ether oxygens (including phenoxy) is 1. The second-order valence-corrected chi connectivity index (χ2v) is 8.25. The van der Waals surface area contributed by atoms with E-state index in [0.717, 1.165) is 24.5 Å². The molecule has 2 aromatic rings. The SMILES string of the molecule is O=C(CN1CCN(c2ccc(Cl)cc2[N+](=O)[O-])CC1)Nc1ccccc1N1CCOCC1. The molecule has 32 heavy (non-hydrogen) atoms. The fourth-order valence-electron chi connectivity index (χ4n) is 4.11. The van der Waals surface area contributed by atoms with Crippen molar-refractivity contribution in [2.45, 2.75) is 0 Å². The zero-order valence-corrected chi connectivity index (χ0v) is 18.5. The van der Waals surface area contributed by atoms with Gasteiger partial charge in [0.1, 0.15) is 5.69 Å². The van der Waals surface area contributed by atoms with Crippen LogP contribution in [0.15, 0.2) is 42.5 Å². The quantitative estimate of drug-likeness (QED) is 0.524. The van der Waals surface area contributed by atoms with Gasteiger partial charge in [-0.2, -0.15) is 0 Å². The first-order chi connectivity index (χ1) is 15.5. The van der Waals surface area contributed by atoms with Gasteiger partial charge in [-0.15, -0.1) is 0 Å². The summed E-state index contributed by atoms with van der Waals surface area (Å²) in [6.45, 7) is 5.69. The number of rotatable bonds is 6. The Morgan fingerprint density at radius 3 is 2.41 bits per heavy atom. The summed E-state index contributed by atoms with van der Waals surface area (Å²) in [5, 5.41) is 14.8. The molecular formula is C22H26ClN5O4. The van der Waals surface area contributed by atoms with E-state index in [1.54, 1.807) is 12.1 Å². The van der Waals surface area contributed by atoms with Crippen LogP contribution >= 0.6 is 11.6 Å². The van der Waals surface area contributed by atoms with E-state index in [1.165, 1.54) is 6.07 Å². The number of halogens is 1. The maximum Gasteiger partial charge on any atom is 0.294 e. The van der Waals surface area contributed by atoms with E-state index >= 15 is 0 Å². The number of amides is 1. The summed E-state index contributed by atoms with van der Waals surface area (Å²) in [6.07, 6.45) is 0. The molecule has 2 fully saturated rings. The maximum absolute atomic E-state index is 12.7. The van der Waals surface area contributed by atoms with Crippen LogP contribution in [-0.2, 0) is 9.53 Å². The number of carbonyl (C=O) groups excluding carboxylic acids is 1. The van der Waals surface area contributed by atoms with Gasteiger partial charge in [-0.05, 0) is 24.3 Å². The molecule has 0 atom stereocenters. The van der Waals surface area contributed by atoms with Gasteiger partial charge in [0.25, 0.3) is 5.69 Å². The average Bonchev–Trinajstić information content (AvgIpc) is 2.80. The Hall–Kier alpha value is -2.88. The summed E-state index contributed by atoms with van der Waals surface area (Å²) in [4.78, 5) is 30.0. The van der Waals surface area contributed by atoms with Crippen LogP contribution in [0.25, 0.3) is 0 Å². The normalized spacial score (nSPS) is 17.3. The highest BCUT2D eigenvalue weighted by atomic mass is 35.5. The van der Waals surface area contributed by atoms with Crippen LogP contribution in [0, 0.1) is 10.1 Å². The predicted molar refractivity (Wildman–Crippen MR) is 125 cm³/mol. The molecule has 1 amide bonds. The van der Waals surface area contributed by atoms with E-state index in [0.29, 0.717) is 50.1 Å². The summed E-state index contributed by atoms with van der Waals surface area (Å²) in [5.41, 5.74) is 2.37. The second kappa shape index (κ2) is 10.2. The van der Waals surface area contributed by atoms with Crippen LogP contribution in [0.4, 0.5) is 22.7 Å². The highest BCUT2D eigenvalue weighted by Crippen LogP contribution is 2.31. The van der Waals surface area contributed by atoms with E-state index in [-0.39, 0.29) is 18.1 Å². The van der Waals surface area contributed by atoms with Crippen LogP contribution in [0.2, 0.25) is 5.02 Å². The Balaban J connectivity index is 1.34. The monoisotopic (exact) mass is 459 g/mol. The lowest BCUT2D eigenvalue weighted by Crippen LogP contribution is -2.48. The first-order valence-corrected chi connectivity index (χ1v) is 11.0. The molecular weight excluding hydrogens is 434 g/mol. The Kier molecular flexibility index (Phi) is 7.09. The lowest BCUT2D eigenvalue weighted by Gasteiger charge is -2.35. The van der Waals surface area contributed by atoms with Gasteiger partial charge in [0.15, 0.2) is 0 Å². The van der Waals surface area contributed by atoms with E-state index in [1.807, 2.05) is 29.2 Å². The first-order valence-electron chi connectivity index (χ1n) is 10.6. The lowest BCUT2D eigenvalue weighted by molar-refractivity contribution is -0.384. The van der Waals surface area contributed by atoms with Crippen molar-refractivity contribution in [3.63, 3.8) is 0 Å². The highest BCUT2D eigenvalue weighted by Gasteiger charge is 2.25. The number of nitro benzene ring substituents is 1. The molecule has 9 nitrogen and oxygen atoms in total. The largest absolute Gasteiger partial charge is 0.378 e. The van der Waals surface area contributed by atoms with Gasteiger partial charge >= 0.3 is 0 Å². The van der Waals surface area contributed by atoms with E-state index in [4.69, 9.17) is 16.3 Å². The molecule has 170 valence electrons. The molecule has 0 bridgehead atoms. The van der Waals surface area contributed by atoms with Crippen molar-refractivity contribution in [2.24, 2.45) is 0 Å². The molecule has 2 aliphatic heterocycles. The summed E-state index contributed by atoms with van der Waals surface area (Å²) < 4.78 is 5.43. The number of anilines is 3. The highest BCUT2D eigenvalue weighted by molar-refractivity contribution is 6.30. The van der Waals surface area contributed by atoms with Crippen molar-refractivity contribution in [1.82, 2.24) is 4.90 Å². The van der Waals surface area contributed by atoms with Gasteiger partial charge in [0.05, 0.1) is 36.1 Å². The van der Waals surface area contributed by atoms with Gasteiger partial charge < -0.3 is 19.9 Å². The standard InChI is InChI=1S/C22H26ClN5O4/c23-17-5-6-20(21(15-17)28(30)31)26-9-7-25(8-10-26)16-22(29)24-18-3-1-2-4-19(18)27-11-13-32-14-12-27/h1-6,15H,7-14,16H2,(H,24,29). The van der Waals surface area contributed by atoms with Crippen molar-refractivity contribution >= 4 is 40.3 Å². The van der Waals surface area contributed by atoms with Crippen molar-refractivity contribution in [3.05, 3.63) is 57.6 Å². The number of hydrogen-bond acceptors (Lipinski definition) is 7. The fraction of sp³-hybridized carbons (Fsp3) is 0.409. The predicted octanol–water partition coefficient (Wildman–Crippen LogP) is 2.85. The zero-order valence-electron chi connectivity index (χ0n) is 17.7. The summed E-state index contributed by atoms with van der Waals surface area (Å²) in [7, 11) is 0. The molecule has 2 aromatic carbocycles. The van der Waals surface area contributed by atoms with Crippen molar-refractivity contribution < 1.29 is 14.5 Å². The molecule has 0 aromatic heterocycles. The number of para-hydroxylation sites is 2. The van der Waals surface area contributed by atoms with Crippen LogP contribution in [-0.4, -0.2) is 74.8 Å². The average molecular weight is 460 g/mol. The summed E-state index contributed by atoms with van der Waals surface area (Å²) in [5.74, 6) is -0.0726. The molecule has 0 spiro atoms. The van der Waals surface area contributed by atoms with Gasteiger partial charge in [-0.3, -0.25) is 19.8 Å². The Morgan fingerprint density at radius 2 is 1.69 bits per heavy atom. The molecule has 2 heterocycles. The van der Waals surface area contributed by atoms with Crippen LogP contribution < -0.4 is 15.1 Å².